The lowest BCUT2D eigenvalue weighted by Crippen LogP contribution is -2.42. The molecule has 1 amide bonds. The number of ether oxygens (including phenoxy) is 2. The molecule has 2 aromatic heterocycles. The summed E-state index contributed by atoms with van der Waals surface area (Å²) in [7, 11) is 5.83. The second kappa shape index (κ2) is 14.7. The Hall–Kier alpha value is -4.87. The van der Waals surface area contributed by atoms with Crippen LogP contribution in [0.3, 0.4) is 0 Å². The molecule has 0 radical (unpaired) electrons. The van der Waals surface area contributed by atoms with Gasteiger partial charge < -0.3 is 35.2 Å². The zero-order valence-electron chi connectivity index (χ0n) is 25.6. The third kappa shape index (κ3) is 8.20. The van der Waals surface area contributed by atoms with Crippen LogP contribution in [0, 0.1) is 0 Å². The molecule has 0 spiro atoms. The van der Waals surface area contributed by atoms with Crippen molar-refractivity contribution < 1.29 is 14.3 Å². The van der Waals surface area contributed by atoms with Crippen LogP contribution in [-0.2, 0) is 11.4 Å². The highest BCUT2D eigenvalue weighted by Crippen LogP contribution is 2.39. The molecule has 3 N–H and O–H groups in total. The quantitative estimate of drug-likeness (QED) is 0.155. The Morgan fingerprint density at radius 3 is 2.56 bits per heavy atom. The predicted octanol–water partition coefficient (Wildman–Crippen LogP) is 6.25. The Bertz CT molecular complexity index is 1630. The molecule has 3 heterocycles. The number of nitrogens with one attached hydrogen (secondary N) is 3. The molecule has 234 valence electrons. The zero-order valence-corrected chi connectivity index (χ0v) is 26.3. The third-order valence-corrected chi connectivity index (χ3v) is 7.80. The molecular weight excluding hydrogens is 592 g/mol. The average Bonchev–Trinajstić information content (AvgIpc) is 3.05. The van der Waals surface area contributed by atoms with Crippen molar-refractivity contribution in [1.29, 1.82) is 0 Å². The smallest absolute Gasteiger partial charge is 0.247 e. The van der Waals surface area contributed by atoms with Gasteiger partial charge in [0.1, 0.15) is 23.9 Å². The predicted molar refractivity (Wildman–Crippen MR) is 179 cm³/mol. The summed E-state index contributed by atoms with van der Waals surface area (Å²) >= 11 is 6.50. The van der Waals surface area contributed by atoms with Gasteiger partial charge in [-0.25, -0.2) is 4.98 Å². The van der Waals surface area contributed by atoms with E-state index >= 15 is 0 Å². The van der Waals surface area contributed by atoms with Crippen molar-refractivity contribution >= 4 is 52.0 Å². The number of aromatic nitrogens is 3. The van der Waals surface area contributed by atoms with Crippen molar-refractivity contribution in [2.75, 3.05) is 55.1 Å². The van der Waals surface area contributed by atoms with E-state index in [1.54, 1.807) is 37.7 Å². The number of piperidine rings is 1. The van der Waals surface area contributed by atoms with Gasteiger partial charge in [0, 0.05) is 43.3 Å². The number of hydrogen-bond acceptors (Lipinski definition) is 10. The highest BCUT2D eigenvalue weighted by atomic mass is 35.5. The van der Waals surface area contributed by atoms with E-state index in [2.05, 4.69) is 61.4 Å². The van der Waals surface area contributed by atoms with E-state index in [1.165, 1.54) is 6.08 Å². The standard InChI is InChI=1S/C33H37ClN8O3/c1-5-32(43)38-26-19-27(30(44-4)20-28(26)42-16-12-24(13-17-42)41(2)3)39-33-36-15-11-31(40-33)37-22-9-10-29(25(34)18-22)45-21-23-8-6-7-14-35-23/h5-11,14-15,18-20,24H,1,12-13,16-17,21H2,2-4H3,(H,38,43)(H2,36,37,39,40). The maximum atomic E-state index is 12.4. The van der Waals surface area contributed by atoms with Crippen LogP contribution in [0.25, 0.3) is 0 Å². The molecule has 1 aliphatic heterocycles. The van der Waals surface area contributed by atoms with E-state index in [9.17, 15) is 4.79 Å². The maximum absolute atomic E-state index is 12.4. The normalized spacial score (nSPS) is 13.3. The molecule has 1 fully saturated rings. The first-order valence-corrected chi connectivity index (χ1v) is 15.0. The second-order valence-corrected chi connectivity index (χ2v) is 11.1. The van der Waals surface area contributed by atoms with Crippen molar-refractivity contribution in [2.45, 2.75) is 25.5 Å². The molecule has 11 nitrogen and oxygen atoms in total. The number of benzene rings is 2. The van der Waals surface area contributed by atoms with Gasteiger partial charge in [-0.2, -0.15) is 4.98 Å². The van der Waals surface area contributed by atoms with Crippen LogP contribution in [0.4, 0.5) is 34.5 Å². The van der Waals surface area contributed by atoms with Crippen LogP contribution in [0.15, 0.2) is 79.6 Å². The van der Waals surface area contributed by atoms with Gasteiger partial charge in [0.25, 0.3) is 0 Å². The number of amides is 1. The molecule has 0 unspecified atom stereocenters. The highest BCUT2D eigenvalue weighted by molar-refractivity contribution is 6.32. The van der Waals surface area contributed by atoms with Gasteiger partial charge in [-0.15, -0.1) is 0 Å². The summed E-state index contributed by atoms with van der Waals surface area (Å²) in [4.78, 5) is 30.2. The highest BCUT2D eigenvalue weighted by Gasteiger charge is 2.24. The molecule has 12 heteroatoms. The van der Waals surface area contributed by atoms with Gasteiger partial charge in [0.2, 0.25) is 11.9 Å². The lowest BCUT2D eigenvalue weighted by molar-refractivity contribution is -0.111. The Morgan fingerprint density at radius 2 is 1.87 bits per heavy atom. The number of hydrogen-bond donors (Lipinski definition) is 3. The van der Waals surface area contributed by atoms with Crippen molar-refractivity contribution in [3.8, 4) is 11.5 Å². The Labute approximate surface area is 268 Å². The van der Waals surface area contributed by atoms with Gasteiger partial charge in [-0.3, -0.25) is 9.78 Å². The number of nitrogens with zero attached hydrogens (tertiary/aromatic N) is 5. The summed E-state index contributed by atoms with van der Waals surface area (Å²) in [6, 6.07) is 17.1. The summed E-state index contributed by atoms with van der Waals surface area (Å²) in [5.41, 5.74) is 3.65. The lowest BCUT2D eigenvalue weighted by Gasteiger charge is -2.37. The van der Waals surface area contributed by atoms with Crippen LogP contribution in [-0.4, -0.2) is 66.1 Å². The van der Waals surface area contributed by atoms with Gasteiger partial charge in [0.15, 0.2) is 0 Å². The average molecular weight is 629 g/mol. The van der Waals surface area contributed by atoms with E-state index in [4.69, 9.17) is 21.1 Å². The number of carbonyl (C=O) groups excluding carboxylic acids is 1. The van der Waals surface area contributed by atoms with Gasteiger partial charge in [0.05, 0.1) is 34.9 Å². The number of anilines is 6. The molecule has 45 heavy (non-hydrogen) atoms. The summed E-state index contributed by atoms with van der Waals surface area (Å²) in [6.45, 7) is 5.63. The minimum absolute atomic E-state index is 0.301. The van der Waals surface area contributed by atoms with Crippen molar-refractivity contribution in [1.82, 2.24) is 19.9 Å². The van der Waals surface area contributed by atoms with E-state index in [0.29, 0.717) is 52.3 Å². The maximum Gasteiger partial charge on any atom is 0.247 e. The van der Waals surface area contributed by atoms with Crippen LogP contribution in [0.2, 0.25) is 5.02 Å². The van der Waals surface area contributed by atoms with E-state index in [1.807, 2.05) is 36.4 Å². The molecule has 1 aliphatic rings. The minimum atomic E-state index is -0.301. The molecule has 0 saturated carbocycles. The largest absolute Gasteiger partial charge is 0.494 e. The van der Waals surface area contributed by atoms with Crippen LogP contribution >= 0.6 is 11.6 Å². The fraction of sp³-hybridized carbons (Fsp3) is 0.273. The minimum Gasteiger partial charge on any atom is -0.494 e. The van der Waals surface area contributed by atoms with Crippen LogP contribution in [0.1, 0.15) is 18.5 Å². The topological polar surface area (TPSA) is 117 Å². The Morgan fingerprint density at radius 1 is 1.04 bits per heavy atom. The lowest BCUT2D eigenvalue weighted by atomic mass is 10.0. The monoisotopic (exact) mass is 628 g/mol. The molecule has 5 rings (SSSR count). The molecule has 0 atom stereocenters. The van der Waals surface area contributed by atoms with Crippen molar-refractivity contribution in [3.63, 3.8) is 0 Å². The Balaban J connectivity index is 1.32. The third-order valence-electron chi connectivity index (χ3n) is 7.50. The number of methoxy groups -OCH3 is 1. The fourth-order valence-corrected chi connectivity index (χ4v) is 5.33. The molecule has 2 aromatic carbocycles. The van der Waals surface area contributed by atoms with Gasteiger partial charge in [-0.05, 0) is 75.5 Å². The van der Waals surface area contributed by atoms with E-state index in [0.717, 1.165) is 43.0 Å². The summed E-state index contributed by atoms with van der Waals surface area (Å²) in [5.74, 6) is 1.72. The summed E-state index contributed by atoms with van der Waals surface area (Å²) < 4.78 is 11.6. The fourth-order valence-electron chi connectivity index (χ4n) is 5.09. The summed E-state index contributed by atoms with van der Waals surface area (Å²) in [6.07, 6.45) is 6.65. The molecule has 0 bridgehead atoms. The second-order valence-electron chi connectivity index (χ2n) is 10.7. The first-order valence-electron chi connectivity index (χ1n) is 14.6. The van der Waals surface area contributed by atoms with Crippen molar-refractivity contribution in [2.24, 2.45) is 0 Å². The number of halogens is 1. The zero-order chi connectivity index (χ0) is 31.8. The van der Waals surface area contributed by atoms with E-state index in [-0.39, 0.29) is 5.91 Å². The first-order chi connectivity index (χ1) is 21.8. The van der Waals surface area contributed by atoms with Gasteiger partial charge >= 0.3 is 0 Å². The van der Waals surface area contributed by atoms with Crippen molar-refractivity contribution in [3.05, 3.63) is 90.4 Å². The summed E-state index contributed by atoms with van der Waals surface area (Å²) in [5, 5.41) is 9.91. The first kappa shape index (κ1) is 31.6. The number of carbonyl (C=O) groups is 1. The number of pyridine rings is 1. The SMILES string of the molecule is C=CC(=O)Nc1cc(Nc2nccc(Nc3ccc(OCc4ccccn4)c(Cl)c3)n2)c(OC)cc1N1CCC(N(C)C)CC1. The number of rotatable bonds is 12. The molecule has 1 saturated heterocycles. The molecule has 4 aromatic rings. The van der Waals surface area contributed by atoms with Gasteiger partial charge in [-0.1, -0.05) is 24.2 Å². The van der Waals surface area contributed by atoms with Crippen LogP contribution < -0.4 is 30.3 Å². The molecular formula is C33H37ClN8O3. The Kier molecular flexibility index (Phi) is 10.3. The molecule has 0 aliphatic carbocycles. The van der Waals surface area contributed by atoms with E-state index < -0.39 is 0 Å². The van der Waals surface area contributed by atoms with Crippen LogP contribution in [0.5, 0.6) is 11.5 Å².